The van der Waals surface area contributed by atoms with Crippen molar-refractivity contribution in [2.45, 2.75) is 63.5 Å². The fourth-order valence-electron chi connectivity index (χ4n) is 3.78. The lowest BCUT2D eigenvalue weighted by atomic mass is 9.82. The molecule has 0 aromatic carbocycles. The van der Waals surface area contributed by atoms with Crippen LogP contribution in [-0.4, -0.2) is 30.5 Å². The standard InChI is InChI=1S/C18H26N6O/c1-18(8-9-18)24-12-14(21-22-24)15(13-6-4-3-5-7-13)20-17(25)16-19-10-11-23(16)2/h10-13,15H,3-9H2,1-2H3,(H,20,25). The van der Waals surface area contributed by atoms with Crippen LogP contribution in [0.15, 0.2) is 18.6 Å². The van der Waals surface area contributed by atoms with Gasteiger partial charge in [-0.1, -0.05) is 24.5 Å². The smallest absolute Gasteiger partial charge is 0.287 e. The molecule has 1 atom stereocenters. The van der Waals surface area contributed by atoms with Gasteiger partial charge in [-0.15, -0.1) is 5.10 Å². The molecule has 7 nitrogen and oxygen atoms in total. The highest BCUT2D eigenvalue weighted by atomic mass is 16.2. The van der Waals surface area contributed by atoms with E-state index in [1.165, 1.54) is 19.3 Å². The van der Waals surface area contributed by atoms with Crippen molar-refractivity contribution in [1.82, 2.24) is 29.9 Å². The molecule has 25 heavy (non-hydrogen) atoms. The summed E-state index contributed by atoms with van der Waals surface area (Å²) in [4.78, 5) is 16.9. The van der Waals surface area contributed by atoms with Crippen LogP contribution in [0.1, 0.15) is 74.2 Å². The Morgan fingerprint density at radius 1 is 1.32 bits per heavy atom. The van der Waals surface area contributed by atoms with E-state index in [4.69, 9.17) is 0 Å². The minimum atomic E-state index is -0.143. The second kappa shape index (κ2) is 6.28. The Morgan fingerprint density at radius 3 is 2.72 bits per heavy atom. The van der Waals surface area contributed by atoms with Gasteiger partial charge in [-0.3, -0.25) is 4.79 Å². The maximum atomic E-state index is 12.7. The highest BCUT2D eigenvalue weighted by Crippen LogP contribution is 2.42. The Bertz CT molecular complexity index is 753. The lowest BCUT2D eigenvalue weighted by Gasteiger charge is -2.29. The minimum Gasteiger partial charge on any atom is -0.341 e. The number of carbonyl (C=O) groups excluding carboxylic acids is 1. The van der Waals surface area contributed by atoms with Gasteiger partial charge >= 0.3 is 0 Å². The number of aryl methyl sites for hydroxylation is 1. The van der Waals surface area contributed by atoms with E-state index in [0.717, 1.165) is 31.4 Å². The predicted octanol–water partition coefficient (Wildman–Crippen LogP) is 2.57. The van der Waals surface area contributed by atoms with Crippen molar-refractivity contribution >= 4 is 5.91 Å². The van der Waals surface area contributed by atoms with Crippen LogP contribution in [0.25, 0.3) is 0 Å². The van der Waals surface area contributed by atoms with Crippen molar-refractivity contribution in [2.24, 2.45) is 13.0 Å². The molecular formula is C18H26N6O. The first-order valence-corrected chi connectivity index (χ1v) is 9.28. The first kappa shape index (κ1) is 16.3. The number of imidazole rings is 1. The zero-order chi connectivity index (χ0) is 17.4. The highest BCUT2D eigenvalue weighted by molar-refractivity contribution is 5.91. The first-order valence-electron chi connectivity index (χ1n) is 9.28. The summed E-state index contributed by atoms with van der Waals surface area (Å²) < 4.78 is 3.72. The van der Waals surface area contributed by atoms with Crippen LogP contribution in [-0.2, 0) is 12.6 Å². The molecule has 0 aliphatic heterocycles. The summed E-state index contributed by atoms with van der Waals surface area (Å²) in [5, 5.41) is 12.0. The Kier molecular flexibility index (Phi) is 4.09. The monoisotopic (exact) mass is 342 g/mol. The number of carbonyl (C=O) groups is 1. The van der Waals surface area contributed by atoms with Crippen LogP contribution in [0.4, 0.5) is 0 Å². The number of hydrogen-bond donors (Lipinski definition) is 1. The van der Waals surface area contributed by atoms with E-state index >= 15 is 0 Å². The Hall–Kier alpha value is -2.18. The van der Waals surface area contributed by atoms with Crippen LogP contribution in [0.2, 0.25) is 0 Å². The molecule has 4 rings (SSSR count). The molecule has 2 fully saturated rings. The lowest BCUT2D eigenvalue weighted by molar-refractivity contribution is 0.0897. The minimum absolute atomic E-state index is 0.0967. The maximum absolute atomic E-state index is 12.7. The lowest BCUT2D eigenvalue weighted by Crippen LogP contribution is -2.36. The summed E-state index contributed by atoms with van der Waals surface area (Å²) in [5.41, 5.74) is 0.995. The summed E-state index contributed by atoms with van der Waals surface area (Å²) >= 11 is 0. The maximum Gasteiger partial charge on any atom is 0.287 e. The molecule has 0 bridgehead atoms. The SMILES string of the molecule is Cn1ccnc1C(=O)NC(c1cn(C2(C)CC2)nn1)C1CCCCC1. The molecule has 2 aromatic heterocycles. The number of amides is 1. The largest absolute Gasteiger partial charge is 0.341 e. The van der Waals surface area contributed by atoms with Gasteiger partial charge in [0.15, 0.2) is 5.82 Å². The topological polar surface area (TPSA) is 77.6 Å². The molecule has 1 amide bonds. The van der Waals surface area contributed by atoms with Gasteiger partial charge in [-0.25, -0.2) is 9.67 Å². The molecule has 2 aromatic rings. The highest BCUT2D eigenvalue weighted by Gasteiger charge is 2.41. The first-order chi connectivity index (χ1) is 12.1. The van der Waals surface area contributed by atoms with E-state index < -0.39 is 0 Å². The van der Waals surface area contributed by atoms with Gasteiger partial charge in [0.2, 0.25) is 0 Å². The molecule has 1 N–H and O–H groups in total. The number of hydrogen-bond acceptors (Lipinski definition) is 4. The molecular weight excluding hydrogens is 316 g/mol. The van der Waals surface area contributed by atoms with Crippen molar-refractivity contribution in [3.8, 4) is 0 Å². The quantitative estimate of drug-likeness (QED) is 0.906. The molecule has 0 spiro atoms. The van der Waals surface area contributed by atoms with E-state index in [0.29, 0.717) is 11.7 Å². The molecule has 2 heterocycles. The van der Waals surface area contributed by atoms with E-state index in [1.54, 1.807) is 17.0 Å². The molecule has 2 aliphatic rings. The van der Waals surface area contributed by atoms with E-state index in [9.17, 15) is 4.79 Å². The summed E-state index contributed by atoms with van der Waals surface area (Å²) in [7, 11) is 1.84. The van der Waals surface area contributed by atoms with Gasteiger partial charge in [0, 0.05) is 19.4 Å². The number of nitrogens with zero attached hydrogens (tertiary/aromatic N) is 5. The molecule has 134 valence electrons. The molecule has 1 unspecified atom stereocenters. The second-order valence-corrected chi connectivity index (χ2v) is 7.80. The molecule has 2 saturated carbocycles. The van der Waals surface area contributed by atoms with Gasteiger partial charge in [-0.2, -0.15) is 0 Å². The fraction of sp³-hybridized carbons (Fsp3) is 0.667. The number of aromatic nitrogens is 5. The second-order valence-electron chi connectivity index (χ2n) is 7.80. The Morgan fingerprint density at radius 2 is 2.08 bits per heavy atom. The Labute approximate surface area is 147 Å². The third kappa shape index (κ3) is 3.19. The average molecular weight is 342 g/mol. The number of rotatable bonds is 5. The van der Waals surface area contributed by atoms with Crippen molar-refractivity contribution < 1.29 is 4.79 Å². The third-order valence-corrected chi connectivity index (χ3v) is 5.79. The summed E-state index contributed by atoms with van der Waals surface area (Å²) in [6.45, 7) is 2.20. The van der Waals surface area contributed by atoms with Crippen molar-refractivity contribution in [2.75, 3.05) is 0 Å². The van der Waals surface area contributed by atoms with Crippen LogP contribution < -0.4 is 5.32 Å². The van der Waals surface area contributed by atoms with Gasteiger partial charge < -0.3 is 9.88 Å². The van der Waals surface area contributed by atoms with Gasteiger partial charge in [0.05, 0.1) is 17.8 Å². The van der Waals surface area contributed by atoms with Crippen molar-refractivity contribution in [1.29, 1.82) is 0 Å². The summed E-state index contributed by atoms with van der Waals surface area (Å²) in [6, 6.07) is -0.0967. The van der Waals surface area contributed by atoms with Gasteiger partial charge in [0.1, 0.15) is 5.69 Å². The molecule has 0 radical (unpaired) electrons. The molecule has 2 aliphatic carbocycles. The van der Waals surface area contributed by atoms with E-state index in [1.807, 2.05) is 17.9 Å². The van der Waals surface area contributed by atoms with Crippen molar-refractivity contribution in [3.05, 3.63) is 30.1 Å². The van der Waals surface area contributed by atoms with Crippen LogP contribution >= 0.6 is 0 Å². The number of nitrogens with one attached hydrogen (secondary N) is 1. The van der Waals surface area contributed by atoms with E-state index in [-0.39, 0.29) is 17.5 Å². The van der Waals surface area contributed by atoms with Gasteiger partial charge in [-0.05, 0) is 38.5 Å². The van der Waals surface area contributed by atoms with Gasteiger partial charge in [0.25, 0.3) is 5.91 Å². The molecule has 0 saturated heterocycles. The van der Waals surface area contributed by atoms with Crippen molar-refractivity contribution in [3.63, 3.8) is 0 Å². The average Bonchev–Trinajstić information content (AvgIpc) is 3.03. The third-order valence-electron chi connectivity index (χ3n) is 5.79. The zero-order valence-corrected chi connectivity index (χ0v) is 15.0. The molecule has 7 heteroatoms. The van der Waals surface area contributed by atoms with E-state index in [2.05, 4.69) is 27.5 Å². The summed E-state index contributed by atoms with van der Waals surface area (Å²) in [5.74, 6) is 0.702. The normalized spacial score (nSPS) is 21.0. The van der Waals surface area contributed by atoms with Crippen LogP contribution in [0, 0.1) is 5.92 Å². The van der Waals surface area contributed by atoms with Crippen LogP contribution in [0.3, 0.4) is 0 Å². The van der Waals surface area contributed by atoms with Crippen LogP contribution in [0.5, 0.6) is 0 Å². The fourth-order valence-corrected chi connectivity index (χ4v) is 3.78. The summed E-state index contributed by atoms with van der Waals surface area (Å²) in [6.07, 6.45) is 13.7. The zero-order valence-electron chi connectivity index (χ0n) is 15.0. The Balaban J connectivity index is 1.58. The predicted molar refractivity (Wildman–Crippen MR) is 92.9 cm³/mol.